The minimum Gasteiger partial charge on any atom is -0.313 e. The van der Waals surface area contributed by atoms with Gasteiger partial charge in [-0.15, -0.1) is 0 Å². The highest BCUT2D eigenvalue weighted by Crippen LogP contribution is 2.45. The highest BCUT2D eigenvalue weighted by molar-refractivity contribution is 4.93. The van der Waals surface area contributed by atoms with Gasteiger partial charge in [0.2, 0.25) is 0 Å². The molecule has 0 atom stereocenters. The molecule has 0 unspecified atom stereocenters. The van der Waals surface area contributed by atoms with Crippen LogP contribution in [0, 0.1) is 5.41 Å². The van der Waals surface area contributed by atoms with Crippen molar-refractivity contribution in [2.75, 3.05) is 26.2 Å². The molecule has 0 radical (unpaired) electrons. The SMILES string of the molecule is CCC(CC)NCCN1CCC2(CCCC2)C1. The van der Waals surface area contributed by atoms with Gasteiger partial charge in [-0.2, -0.15) is 0 Å². The van der Waals surface area contributed by atoms with E-state index in [9.17, 15) is 0 Å². The van der Waals surface area contributed by atoms with E-state index < -0.39 is 0 Å². The van der Waals surface area contributed by atoms with Crippen LogP contribution < -0.4 is 5.32 Å². The number of nitrogens with one attached hydrogen (secondary N) is 1. The maximum Gasteiger partial charge on any atom is 0.0107 e. The second-order valence-corrected chi connectivity index (χ2v) is 6.20. The average molecular weight is 238 g/mol. The lowest BCUT2D eigenvalue weighted by Crippen LogP contribution is -2.36. The normalized spacial score (nSPS) is 24.2. The second-order valence-electron chi connectivity index (χ2n) is 6.20. The van der Waals surface area contributed by atoms with Crippen LogP contribution in [-0.4, -0.2) is 37.1 Å². The summed E-state index contributed by atoms with van der Waals surface area (Å²) in [6.07, 6.45) is 9.98. The van der Waals surface area contributed by atoms with Crippen molar-refractivity contribution in [2.45, 2.75) is 64.8 Å². The molecule has 1 spiro atoms. The maximum atomic E-state index is 3.68. The molecule has 1 heterocycles. The minimum absolute atomic E-state index is 0.734. The molecule has 2 rings (SSSR count). The van der Waals surface area contributed by atoms with Crippen LogP contribution in [0.15, 0.2) is 0 Å². The second kappa shape index (κ2) is 6.19. The van der Waals surface area contributed by atoms with Crippen molar-refractivity contribution in [3.05, 3.63) is 0 Å². The van der Waals surface area contributed by atoms with Crippen molar-refractivity contribution in [2.24, 2.45) is 5.41 Å². The summed E-state index contributed by atoms with van der Waals surface area (Å²) in [7, 11) is 0. The topological polar surface area (TPSA) is 15.3 Å². The third-order valence-electron chi connectivity index (χ3n) is 5.03. The van der Waals surface area contributed by atoms with E-state index in [1.807, 2.05) is 0 Å². The third kappa shape index (κ3) is 3.45. The van der Waals surface area contributed by atoms with E-state index in [0.717, 1.165) is 11.5 Å². The van der Waals surface area contributed by atoms with Crippen molar-refractivity contribution < 1.29 is 0 Å². The van der Waals surface area contributed by atoms with Gasteiger partial charge in [-0.25, -0.2) is 0 Å². The Morgan fingerprint density at radius 3 is 2.47 bits per heavy atom. The van der Waals surface area contributed by atoms with Crippen molar-refractivity contribution >= 4 is 0 Å². The quantitative estimate of drug-likeness (QED) is 0.765. The Bertz CT molecular complexity index is 217. The van der Waals surface area contributed by atoms with Gasteiger partial charge < -0.3 is 10.2 Å². The van der Waals surface area contributed by atoms with Crippen molar-refractivity contribution in [3.63, 3.8) is 0 Å². The van der Waals surface area contributed by atoms with E-state index in [2.05, 4.69) is 24.1 Å². The predicted octanol–water partition coefficient (Wildman–Crippen LogP) is 3.03. The Morgan fingerprint density at radius 2 is 1.82 bits per heavy atom. The smallest absolute Gasteiger partial charge is 0.0107 e. The fourth-order valence-electron chi connectivity index (χ4n) is 3.76. The molecule has 1 saturated carbocycles. The molecule has 0 aromatic heterocycles. The van der Waals surface area contributed by atoms with Gasteiger partial charge in [0.05, 0.1) is 0 Å². The van der Waals surface area contributed by atoms with E-state index in [4.69, 9.17) is 0 Å². The zero-order valence-corrected chi connectivity index (χ0v) is 11.8. The van der Waals surface area contributed by atoms with Crippen molar-refractivity contribution in [1.29, 1.82) is 0 Å². The Morgan fingerprint density at radius 1 is 1.12 bits per heavy atom. The molecule has 2 nitrogen and oxygen atoms in total. The zero-order chi connectivity index (χ0) is 12.1. The van der Waals surface area contributed by atoms with E-state index in [1.165, 1.54) is 71.1 Å². The van der Waals surface area contributed by atoms with E-state index in [-0.39, 0.29) is 0 Å². The molecule has 0 aromatic carbocycles. The summed E-state index contributed by atoms with van der Waals surface area (Å²) in [4.78, 5) is 2.70. The summed E-state index contributed by atoms with van der Waals surface area (Å²) in [6.45, 7) is 9.75. The van der Waals surface area contributed by atoms with Crippen LogP contribution in [0.5, 0.6) is 0 Å². The van der Waals surface area contributed by atoms with Gasteiger partial charge in [-0.1, -0.05) is 26.7 Å². The van der Waals surface area contributed by atoms with Gasteiger partial charge in [0.15, 0.2) is 0 Å². The molecule has 0 amide bonds. The van der Waals surface area contributed by atoms with Crippen molar-refractivity contribution in [3.8, 4) is 0 Å². The highest BCUT2D eigenvalue weighted by Gasteiger charge is 2.39. The summed E-state index contributed by atoms with van der Waals surface area (Å²) in [5.41, 5.74) is 0.745. The van der Waals surface area contributed by atoms with Gasteiger partial charge in [-0.05, 0) is 44.1 Å². The molecule has 2 heteroatoms. The first kappa shape index (κ1) is 13.4. The molecule has 1 aliphatic heterocycles. The van der Waals surface area contributed by atoms with Crippen LogP contribution in [0.3, 0.4) is 0 Å². The molecular formula is C15H30N2. The monoisotopic (exact) mass is 238 g/mol. The first-order valence-electron chi connectivity index (χ1n) is 7.74. The molecule has 0 aromatic rings. The summed E-state index contributed by atoms with van der Waals surface area (Å²) in [6, 6.07) is 0.734. The van der Waals surface area contributed by atoms with Crippen LogP contribution >= 0.6 is 0 Å². The number of hydrogen-bond donors (Lipinski definition) is 1. The molecule has 0 bridgehead atoms. The van der Waals surface area contributed by atoms with E-state index in [1.54, 1.807) is 0 Å². The molecule has 100 valence electrons. The first-order valence-corrected chi connectivity index (χ1v) is 7.74. The van der Waals surface area contributed by atoms with Crippen molar-refractivity contribution in [1.82, 2.24) is 10.2 Å². The molecular weight excluding hydrogens is 208 g/mol. The van der Waals surface area contributed by atoms with E-state index in [0.29, 0.717) is 0 Å². The molecule has 2 fully saturated rings. The van der Waals surface area contributed by atoms with Gasteiger partial charge in [-0.3, -0.25) is 0 Å². The molecule has 1 N–H and O–H groups in total. The third-order valence-corrected chi connectivity index (χ3v) is 5.03. The van der Waals surface area contributed by atoms with Crippen LogP contribution in [-0.2, 0) is 0 Å². The Kier molecular flexibility index (Phi) is 4.87. The zero-order valence-electron chi connectivity index (χ0n) is 11.8. The fraction of sp³-hybridized carbons (Fsp3) is 1.00. The van der Waals surface area contributed by atoms with Crippen LogP contribution in [0.2, 0.25) is 0 Å². The largest absolute Gasteiger partial charge is 0.313 e. The summed E-state index contributed by atoms with van der Waals surface area (Å²) >= 11 is 0. The summed E-state index contributed by atoms with van der Waals surface area (Å²) in [5.74, 6) is 0. The van der Waals surface area contributed by atoms with Gasteiger partial charge in [0.1, 0.15) is 0 Å². The van der Waals surface area contributed by atoms with Gasteiger partial charge >= 0.3 is 0 Å². The van der Waals surface area contributed by atoms with Crippen LogP contribution in [0.25, 0.3) is 0 Å². The summed E-state index contributed by atoms with van der Waals surface area (Å²) in [5, 5.41) is 3.68. The highest BCUT2D eigenvalue weighted by atomic mass is 15.2. The first-order chi connectivity index (χ1) is 8.28. The maximum absolute atomic E-state index is 3.68. The number of hydrogen-bond acceptors (Lipinski definition) is 2. The average Bonchev–Trinajstić information content (AvgIpc) is 2.96. The molecule has 1 aliphatic carbocycles. The van der Waals surface area contributed by atoms with Crippen LogP contribution in [0.1, 0.15) is 58.8 Å². The summed E-state index contributed by atoms with van der Waals surface area (Å²) < 4.78 is 0. The lowest BCUT2D eigenvalue weighted by molar-refractivity contribution is 0.257. The Labute approximate surface area is 107 Å². The predicted molar refractivity (Wildman–Crippen MR) is 74.3 cm³/mol. The molecule has 2 aliphatic rings. The van der Waals surface area contributed by atoms with Crippen LogP contribution in [0.4, 0.5) is 0 Å². The lowest BCUT2D eigenvalue weighted by atomic mass is 9.86. The number of nitrogens with zero attached hydrogens (tertiary/aromatic N) is 1. The standard InChI is InChI=1S/C15H30N2/c1-3-14(4-2)16-10-12-17-11-9-15(13-17)7-5-6-8-15/h14,16H,3-13H2,1-2H3. The van der Waals surface area contributed by atoms with Gasteiger partial charge in [0.25, 0.3) is 0 Å². The lowest BCUT2D eigenvalue weighted by Gasteiger charge is -2.24. The molecule has 1 saturated heterocycles. The number of rotatable bonds is 6. The molecule has 17 heavy (non-hydrogen) atoms. The number of likely N-dealkylation sites (tertiary alicyclic amines) is 1. The Hall–Kier alpha value is -0.0800. The van der Waals surface area contributed by atoms with Gasteiger partial charge in [0, 0.05) is 25.7 Å². The Balaban J connectivity index is 1.64. The fourth-order valence-corrected chi connectivity index (χ4v) is 3.76. The van der Waals surface area contributed by atoms with E-state index >= 15 is 0 Å². The minimum atomic E-state index is 0.734.